The van der Waals surface area contributed by atoms with Crippen LogP contribution in [0.1, 0.15) is 35.7 Å². The Morgan fingerprint density at radius 2 is 2.05 bits per heavy atom. The van der Waals surface area contributed by atoms with Crippen LogP contribution in [0.2, 0.25) is 0 Å². The highest BCUT2D eigenvalue weighted by atomic mass is 19.4. The van der Waals surface area contributed by atoms with E-state index in [1.165, 1.54) is 0 Å². The van der Waals surface area contributed by atoms with Crippen LogP contribution >= 0.6 is 0 Å². The van der Waals surface area contributed by atoms with E-state index in [9.17, 15) is 26.7 Å². The lowest BCUT2D eigenvalue weighted by molar-refractivity contribution is -0.143. The number of primary amides is 1. The smallest absolute Gasteiger partial charge is 0.368 e. The number of hydrogen-bond acceptors (Lipinski definition) is 2. The van der Waals surface area contributed by atoms with Crippen molar-refractivity contribution < 1.29 is 26.7 Å². The Balaban J connectivity index is 2.21. The molecule has 1 saturated carbocycles. The molecule has 1 fully saturated rings. The molecule has 2 aliphatic rings. The fourth-order valence-corrected chi connectivity index (χ4v) is 3.11. The molecule has 0 unspecified atom stereocenters. The van der Waals surface area contributed by atoms with E-state index in [0.29, 0.717) is 4.68 Å². The van der Waals surface area contributed by atoms with Crippen LogP contribution in [0.4, 0.5) is 22.0 Å². The molecular formula is C11H10F5N3O. The van der Waals surface area contributed by atoms with Gasteiger partial charge in [-0.3, -0.25) is 9.48 Å². The quantitative estimate of drug-likeness (QED) is 0.848. The third kappa shape index (κ3) is 1.58. The highest BCUT2D eigenvalue weighted by Crippen LogP contribution is 2.63. The summed E-state index contributed by atoms with van der Waals surface area (Å²) in [6, 6.07) is 0. The number of halogens is 5. The molecule has 2 N–H and O–H groups in total. The maximum Gasteiger partial charge on any atom is 0.435 e. The Kier molecular flexibility index (Phi) is 2.47. The van der Waals surface area contributed by atoms with Crippen molar-refractivity contribution >= 4 is 5.91 Å². The molecule has 0 aromatic carbocycles. The van der Waals surface area contributed by atoms with Crippen molar-refractivity contribution in [1.29, 1.82) is 0 Å². The van der Waals surface area contributed by atoms with Crippen LogP contribution in [0.3, 0.4) is 0 Å². The number of nitrogens with zero attached hydrogens (tertiary/aromatic N) is 2. The number of hydrogen-bond donors (Lipinski definition) is 1. The minimum absolute atomic E-state index is 0.167. The van der Waals surface area contributed by atoms with Gasteiger partial charge in [-0.1, -0.05) is 0 Å². The summed E-state index contributed by atoms with van der Waals surface area (Å²) in [4.78, 5) is 10.9. The predicted molar refractivity (Wildman–Crippen MR) is 55.8 cm³/mol. The van der Waals surface area contributed by atoms with Crippen molar-refractivity contribution in [3.05, 3.63) is 17.0 Å². The topological polar surface area (TPSA) is 60.9 Å². The fourth-order valence-electron chi connectivity index (χ4n) is 3.11. The Hall–Kier alpha value is -1.67. The number of alkyl halides is 5. The molecule has 0 radical (unpaired) electrons. The van der Waals surface area contributed by atoms with Gasteiger partial charge in [-0.05, 0) is 18.8 Å². The van der Waals surface area contributed by atoms with Gasteiger partial charge in [0, 0.05) is 11.5 Å². The van der Waals surface area contributed by atoms with E-state index in [-0.39, 0.29) is 12.8 Å². The molecule has 3 rings (SSSR count). The largest absolute Gasteiger partial charge is 0.435 e. The van der Waals surface area contributed by atoms with E-state index in [2.05, 4.69) is 5.10 Å². The molecule has 4 nitrogen and oxygen atoms in total. The average Bonchev–Trinajstić information content (AvgIpc) is 2.59. The van der Waals surface area contributed by atoms with Crippen LogP contribution in [0.25, 0.3) is 0 Å². The summed E-state index contributed by atoms with van der Waals surface area (Å²) in [5.41, 5.74) is 2.31. The lowest BCUT2D eigenvalue weighted by atomic mass is 9.73. The lowest BCUT2D eigenvalue weighted by Crippen LogP contribution is -2.33. The molecule has 0 saturated heterocycles. The minimum atomic E-state index is -4.83. The summed E-state index contributed by atoms with van der Waals surface area (Å²) in [5, 5.41) is 3.17. The summed E-state index contributed by atoms with van der Waals surface area (Å²) in [7, 11) is 0. The molecular weight excluding hydrogens is 285 g/mol. The van der Waals surface area contributed by atoms with Gasteiger partial charge in [0.2, 0.25) is 5.91 Å². The van der Waals surface area contributed by atoms with Gasteiger partial charge in [0.1, 0.15) is 12.2 Å². The van der Waals surface area contributed by atoms with E-state index < -0.39 is 53.3 Å². The maximum atomic E-state index is 14.2. The monoisotopic (exact) mass is 295 g/mol. The molecule has 110 valence electrons. The highest BCUT2D eigenvalue weighted by Gasteiger charge is 2.63. The first kappa shape index (κ1) is 13.3. The number of nitrogens with two attached hydrogens (primary N) is 1. The SMILES string of the molecule is NC(=O)Cn1nc(C(F)(F)F)c2c1C(F)(F)[C@@H]1CC[C@H]21. The second-order valence-corrected chi connectivity index (χ2v) is 5.15. The molecule has 1 aromatic heterocycles. The molecule has 2 atom stereocenters. The zero-order valence-electron chi connectivity index (χ0n) is 10.0. The zero-order chi connectivity index (χ0) is 14.9. The first-order chi connectivity index (χ1) is 9.14. The van der Waals surface area contributed by atoms with Crippen LogP contribution < -0.4 is 5.73 Å². The van der Waals surface area contributed by atoms with Crippen LogP contribution in [0, 0.1) is 5.92 Å². The van der Waals surface area contributed by atoms with Gasteiger partial charge in [-0.2, -0.15) is 27.1 Å². The van der Waals surface area contributed by atoms with E-state index in [1.807, 2.05) is 0 Å². The van der Waals surface area contributed by atoms with E-state index in [1.54, 1.807) is 0 Å². The number of carbonyl (C=O) groups excluding carboxylic acids is 1. The standard InChI is InChI=1S/C11H10F5N3O/c12-10(13)5-2-1-4(5)7-8(11(14,15)16)18-19(9(7)10)3-6(17)20/h4-5H,1-3H2,(H2,17,20)/t4-,5+/m0/s1. The van der Waals surface area contributed by atoms with Gasteiger partial charge < -0.3 is 5.73 Å². The summed E-state index contributed by atoms with van der Waals surface area (Å²) in [6.45, 7) is -0.784. The Morgan fingerprint density at radius 1 is 1.40 bits per heavy atom. The van der Waals surface area contributed by atoms with Crippen molar-refractivity contribution in [3.63, 3.8) is 0 Å². The third-order valence-electron chi connectivity index (χ3n) is 3.99. The number of aromatic nitrogens is 2. The van der Waals surface area contributed by atoms with Crippen molar-refractivity contribution in [2.75, 3.05) is 0 Å². The van der Waals surface area contributed by atoms with Gasteiger partial charge in [0.25, 0.3) is 5.92 Å². The second kappa shape index (κ2) is 3.70. The van der Waals surface area contributed by atoms with Crippen LogP contribution in [-0.2, 0) is 23.4 Å². The second-order valence-electron chi connectivity index (χ2n) is 5.15. The summed E-state index contributed by atoms with van der Waals surface area (Å²) in [5.74, 6) is -6.38. The molecule has 9 heteroatoms. The minimum Gasteiger partial charge on any atom is -0.368 e. The highest BCUT2D eigenvalue weighted by molar-refractivity contribution is 5.73. The number of fused-ring (bicyclic) bond motifs is 3. The van der Waals surface area contributed by atoms with E-state index in [0.717, 1.165) is 0 Å². The maximum absolute atomic E-state index is 14.2. The molecule has 2 aliphatic carbocycles. The molecule has 20 heavy (non-hydrogen) atoms. The van der Waals surface area contributed by atoms with Crippen molar-refractivity contribution in [2.45, 2.75) is 37.4 Å². The molecule has 1 heterocycles. The molecule has 1 amide bonds. The van der Waals surface area contributed by atoms with Crippen LogP contribution in [-0.4, -0.2) is 15.7 Å². The zero-order valence-corrected chi connectivity index (χ0v) is 10.0. The summed E-state index contributed by atoms with van der Waals surface area (Å²) < 4.78 is 67.5. The first-order valence-electron chi connectivity index (χ1n) is 5.98. The molecule has 0 aliphatic heterocycles. The number of amides is 1. The average molecular weight is 295 g/mol. The first-order valence-corrected chi connectivity index (χ1v) is 5.98. The number of rotatable bonds is 2. The van der Waals surface area contributed by atoms with E-state index >= 15 is 0 Å². The van der Waals surface area contributed by atoms with Gasteiger partial charge >= 0.3 is 6.18 Å². The third-order valence-corrected chi connectivity index (χ3v) is 3.99. The van der Waals surface area contributed by atoms with Gasteiger partial charge in [-0.25, -0.2) is 0 Å². The molecule has 1 aromatic rings. The Bertz CT molecular complexity index is 592. The molecule has 0 bridgehead atoms. The summed E-state index contributed by atoms with van der Waals surface area (Å²) >= 11 is 0. The normalized spacial score (nSPS) is 26.9. The van der Waals surface area contributed by atoms with Gasteiger partial charge in [0.05, 0.1) is 0 Å². The van der Waals surface area contributed by atoms with Crippen molar-refractivity contribution in [2.24, 2.45) is 11.7 Å². The van der Waals surface area contributed by atoms with Crippen LogP contribution in [0.5, 0.6) is 0 Å². The predicted octanol–water partition coefficient (Wildman–Crippen LogP) is 1.99. The Morgan fingerprint density at radius 3 is 2.50 bits per heavy atom. The Labute approximate surface area is 109 Å². The van der Waals surface area contributed by atoms with Gasteiger partial charge in [0.15, 0.2) is 5.69 Å². The fraction of sp³-hybridized carbons (Fsp3) is 0.636. The number of carbonyl (C=O) groups is 1. The lowest BCUT2D eigenvalue weighted by Gasteiger charge is -2.34. The van der Waals surface area contributed by atoms with Crippen molar-refractivity contribution in [1.82, 2.24) is 9.78 Å². The molecule has 0 spiro atoms. The summed E-state index contributed by atoms with van der Waals surface area (Å²) in [6.07, 6.45) is -4.38. The van der Waals surface area contributed by atoms with Crippen molar-refractivity contribution in [3.8, 4) is 0 Å². The van der Waals surface area contributed by atoms with E-state index in [4.69, 9.17) is 5.73 Å². The van der Waals surface area contributed by atoms with Crippen LogP contribution in [0.15, 0.2) is 0 Å². The van der Waals surface area contributed by atoms with Gasteiger partial charge in [-0.15, -0.1) is 0 Å².